The van der Waals surface area contributed by atoms with Gasteiger partial charge in [-0.25, -0.2) is 0 Å². The minimum atomic E-state index is -0.917. The largest absolute Gasteiger partial charge is 0.481 e. The number of halogens is 1. The van der Waals surface area contributed by atoms with E-state index in [9.17, 15) is 14.7 Å². The summed E-state index contributed by atoms with van der Waals surface area (Å²) in [5, 5.41) is 25.6. The Morgan fingerprint density at radius 3 is 2.55 bits per heavy atom. The molecule has 3 N–H and O–H groups in total. The normalized spacial score (nSPS) is 12.9. The van der Waals surface area contributed by atoms with Gasteiger partial charge in [0.1, 0.15) is 0 Å². The second kappa shape index (κ2) is 9.29. The number of aromatic amines is 1. The van der Waals surface area contributed by atoms with Crippen molar-refractivity contribution in [3.05, 3.63) is 64.9 Å². The average Bonchev–Trinajstić information content (AvgIpc) is 3.23. The van der Waals surface area contributed by atoms with Gasteiger partial charge in [0.2, 0.25) is 0 Å². The lowest BCUT2D eigenvalue weighted by molar-refractivity contribution is -0.141. The van der Waals surface area contributed by atoms with E-state index >= 15 is 0 Å². The molecule has 150 valence electrons. The molecule has 0 bridgehead atoms. The number of nitrogens with one attached hydrogen (secondary N) is 2. The van der Waals surface area contributed by atoms with Gasteiger partial charge in [-0.05, 0) is 46.9 Å². The third-order valence-electron chi connectivity index (χ3n) is 4.54. The van der Waals surface area contributed by atoms with Crippen LogP contribution in [0.3, 0.4) is 0 Å². The second-order valence-electron chi connectivity index (χ2n) is 6.79. The van der Waals surface area contributed by atoms with Gasteiger partial charge in [-0.3, -0.25) is 9.59 Å². The van der Waals surface area contributed by atoms with Crippen molar-refractivity contribution in [1.29, 1.82) is 0 Å². The average molecular weight is 414 g/mol. The topological polar surface area (TPSA) is 121 Å². The monoisotopic (exact) mass is 413 g/mol. The number of carboxylic acid groups (broad SMARTS) is 1. The zero-order chi connectivity index (χ0) is 20.8. The van der Waals surface area contributed by atoms with Gasteiger partial charge in [0.05, 0.1) is 5.92 Å². The predicted octanol–water partition coefficient (Wildman–Crippen LogP) is 2.97. The third kappa shape index (κ3) is 5.61. The molecule has 0 radical (unpaired) electrons. The van der Waals surface area contributed by atoms with Crippen LogP contribution in [0.25, 0.3) is 11.1 Å². The number of rotatable bonds is 8. The summed E-state index contributed by atoms with van der Waals surface area (Å²) in [5.41, 5.74) is 2.99. The van der Waals surface area contributed by atoms with Crippen molar-refractivity contribution in [3.8, 4) is 11.1 Å². The van der Waals surface area contributed by atoms with E-state index in [0.717, 1.165) is 16.7 Å². The first-order valence-corrected chi connectivity index (χ1v) is 9.42. The molecular formula is C20H20ClN5O3. The minimum absolute atomic E-state index is 0.0886. The van der Waals surface area contributed by atoms with Crippen molar-refractivity contribution in [2.24, 2.45) is 5.92 Å². The maximum absolute atomic E-state index is 12.3. The van der Waals surface area contributed by atoms with Crippen LogP contribution in [0.2, 0.25) is 5.02 Å². The molecule has 1 aromatic heterocycles. The molecule has 0 unspecified atom stereocenters. The molecule has 29 heavy (non-hydrogen) atoms. The number of nitrogens with zero attached hydrogens (tertiary/aromatic N) is 3. The van der Waals surface area contributed by atoms with Gasteiger partial charge in [0, 0.05) is 11.1 Å². The SMILES string of the molecule is C[C@H](C[C@@H](Cc1ccc(-c2cccc(Cl)c2)cc1)NC(=O)c1nn[nH]n1)C(=O)O. The summed E-state index contributed by atoms with van der Waals surface area (Å²) in [6.45, 7) is 1.61. The molecule has 0 aliphatic rings. The number of tetrazole rings is 1. The van der Waals surface area contributed by atoms with Gasteiger partial charge in [-0.2, -0.15) is 5.21 Å². The molecule has 3 aromatic rings. The number of H-pyrrole nitrogens is 1. The molecule has 0 aliphatic carbocycles. The van der Waals surface area contributed by atoms with Crippen LogP contribution in [0.5, 0.6) is 0 Å². The number of aromatic nitrogens is 4. The molecule has 1 heterocycles. The van der Waals surface area contributed by atoms with Crippen LogP contribution in [0, 0.1) is 5.92 Å². The van der Waals surface area contributed by atoms with Crippen molar-refractivity contribution in [3.63, 3.8) is 0 Å². The highest BCUT2D eigenvalue weighted by Gasteiger charge is 2.22. The van der Waals surface area contributed by atoms with Crippen LogP contribution >= 0.6 is 11.6 Å². The van der Waals surface area contributed by atoms with E-state index in [2.05, 4.69) is 25.9 Å². The van der Waals surface area contributed by atoms with E-state index in [1.807, 2.05) is 48.5 Å². The van der Waals surface area contributed by atoms with Gasteiger partial charge in [-0.1, -0.05) is 54.9 Å². The number of aliphatic carboxylic acids is 1. The van der Waals surface area contributed by atoms with Crippen molar-refractivity contribution in [2.45, 2.75) is 25.8 Å². The van der Waals surface area contributed by atoms with Crippen molar-refractivity contribution < 1.29 is 14.7 Å². The highest BCUT2D eigenvalue weighted by molar-refractivity contribution is 6.30. The zero-order valence-electron chi connectivity index (χ0n) is 15.7. The van der Waals surface area contributed by atoms with Gasteiger partial charge < -0.3 is 10.4 Å². The summed E-state index contributed by atoms with van der Waals surface area (Å²) in [7, 11) is 0. The fraction of sp³-hybridized carbons (Fsp3) is 0.250. The number of amides is 1. The first kappa shape index (κ1) is 20.5. The Kier molecular flexibility index (Phi) is 6.56. The first-order chi connectivity index (χ1) is 13.9. The minimum Gasteiger partial charge on any atom is -0.481 e. The van der Waals surface area contributed by atoms with E-state index in [0.29, 0.717) is 11.4 Å². The lowest BCUT2D eigenvalue weighted by Crippen LogP contribution is -2.39. The zero-order valence-corrected chi connectivity index (χ0v) is 16.4. The quantitative estimate of drug-likeness (QED) is 0.522. The lowest BCUT2D eigenvalue weighted by atomic mass is 9.95. The fourth-order valence-electron chi connectivity index (χ4n) is 3.01. The number of benzene rings is 2. The Hall–Kier alpha value is -3.26. The highest BCUT2D eigenvalue weighted by atomic mass is 35.5. The van der Waals surface area contributed by atoms with Crippen LogP contribution in [0.4, 0.5) is 0 Å². The molecule has 0 spiro atoms. The summed E-state index contributed by atoms with van der Waals surface area (Å²) < 4.78 is 0. The molecular weight excluding hydrogens is 394 g/mol. The van der Waals surface area contributed by atoms with Crippen LogP contribution < -0.4 is 5.32 Å². The number of carbonyl (C=O) groups is 2. The summed E-state index contributed by atoms with van der Waals surface area (Å²) >= 11 is 6.05. The summed E-state index contributed by atoms with van der Waals surface area (Å²) in [6.07, 6.45) is 0.742. The smallest absolute Gasteiger partial charge is 0.306 e. The summed E-state index contributed by atoms with van der Waals surface area (Å²) in [6, 6.07) is 15.0. The Labute approximate surface area is 172 Å². The van der Waals surface area contributed by atoms with E-state index < -0.39 is 23.8 Å². The van der Waals surface area contributed by atoms with E-state index in [1.165, 1.54) is 0 Å². The van der Waals surface area contributed by atoms with Crippen LogP contribution in [0.15, 0.2) is 48.5 Å². The first-order valence-electron chi connectivity index (χ1n) is 9.04. The van der Waals surface area contributed by atoms with E-state index in [4.69, 9.17) is 11.6 Å². The molecule has 2 atom stereocenters. The predicted molar refractivity (Wildman–Crippen MR) is 107 cm³/mol. The summed E-state index contributed by atoms with van der Waals surface area (Å²) in [5.74, 6) is -2.12. The Bertz CT molecular complexity index is 976. The van der Waals surface area contributed by atoms with Crippen LogP contribution in [0.1, 0.15) is 29.5 Å². The van der Waals surface area contributed by atoms with Gasteiger partial charge >= 0.3 is 5.97 Å². The van der Waals surface area contributed by atoms with E-state index in [1.54, 1.807) is 6.92 Å². The van der Waals surface area contributed by atoms with Crippen molar-refractivity contribution >= 4 is 23.5 Å². The molecule has 2 aromatic carbocycles. The molecule has 1 amide bonds. The Balaban J connectivity index is 1.73. The lowest BCUT2D eigenvalue weighted by Gasteiger charge is -2.20. The molecule has 0 saturated carbocycles. The molecule has 0 aliphatic heterocycles. The van der Waals surface area contributed by atoms with Crippen LogP contribution in [-0.4, -0.2) is 43.6 Å². The fourth-order valence-corrected chi connectivity index (χ4v) is 3.20. The molecule has 0 saturated heterocycles. The maximum Gasteiger partial charge on any atom is 0.306 e. The number of carboxylic acids is 1. The standard InChI is InChI=1S/C20H20ClN5O3/c1-12(20(28)29)9-17(22-19(27)18-23-25-26-24-18)10-13-5-7-14(8-6-13)15-3-2-4-16(21)11-15/h2-8,11-12,17H,9-10H2,1H3,(H,22,27)(H,28,29)(H,23,24,25,26)/t12-,17+/m1/s1. The Morgan fingerprint density at radius 2 is 1.93 bits per heavy atom. The second-order valence-corrected chi connectivity index (χ2v) is 7.23. The molecule has 3 rings (SSSR count). The van der Waals surface area contributed by atoms with E-state index in [-0.39, 0.29) is 12.2 Å². The number of carbonyl (C=O) groups excluding carboxylic acids is 1. The summed E-state index contributed by atoms with van der Waals surface area (Å²) in [4.78, 5) is 23.5. The van der Waals surface area contributed by atoms with Gasteiger partial charge in [-0.15, -0.1) is 10.2 Å². The van der Waals surface area contributed by atoms with Gasteiger partial charge in [0.15, 0.2) is 0 Å². The number of hydrogen-bond donors (Lipinski definition) is 3. The highest BCUT2D eigenvalue weighted by Crippen LogP contribution is 2.23. The molecule has 8 nitrogen and oxygen atoms in total. The van der Waals surface area contributed by atoms with Crippen LogP contribution in [-0.2, 0) is 11.2 Å². The molecule has 9 heteroatoms. The maximum atomic E-state index is 12.3. The number of hydrogen-bond acceptors (Lipinski definition) is 5. The Morgan fingerprint density at radius 1 is 1.17 bits per heavy atom. The van der Waals surface area contributed by atoms with Gasteiger partial charge in [0.25, 0.3) is 11.7 Å². The van der Waals surface area contributed by atoms with Crippen molar-refractivity contribution in [2.75, 3.05) is 0 Å². The molecule has 0 fully saturated rings. The van der Waals surface area contributed by atoms with Crippen molar-refractivity contribution in [1.82, 2.24) is 25.9 Å². The third-order valence-corrected chi connectivity index (χ3v) is 4.77.